The maximum absolute atomic E-state index is 12.2. The quantitative estimate of drug-likeness (QED) is 0.356. The van der Waals surface area contributed by atoms with Crippen molar-refractivity contribution in [2.24, 2.45) is 4.99 Å². The highest BCUT2D eigenvalue weighted by Gasteiger charge is 2.18. The second kappa shape index (κ2) is 12.3. The molecule has 27 heavy (non-hydrogen) atoms. The lowest BCUT2D eigenvalue weighted by Gasteiger charge is -2.29. The summed E-state index contributed by atoms with van der Waals surface area (Å²) in [6.07, 6.45) is 0.0987. The highest BCUT2D eigenvalue weighted by molar-refractivity contribution is 14.0. The van der Waals surface area contributed by atoms with Crippen LogP contribution in [0.25, 0.3) is 0 Å². The standard InChI is InChI=1S/C18H28F2N4O2.HI/c1-4-21-18(22-11-16-13-23(2)9-10-25-16)24(3)12-14-5-7-15(8-6-14)26-17(19)20;/h5-8,16-17H,4,9-13H2,1-3H3,(H,21,22);1H. The number of aliphatic imine (C=N–C) groups is 1. The predicted molar refractivity (Wildman–Crippen MR) is 113 cm³/mol. The van der Waals surface area contributed by atoms with Crippen molar-refractivity contribution < 1.29 is 18.3 Å². The summed E-state index contributed by atoms with van der Waals surface area (Å²) in [5, 5.41) is 3.27. The van der Waals surface area contributed by atoms with Crippen LogP contribution < -0.4 is 10.1 Å². The Morgan fingerprint density at radius 1 is 1.41 bits per heavy atom. The molecule has 154 valence electrons. The number of hydrogen-bond acceptors (Lipinski definition) is 4. The highest BCUT2D eigenvalue weighted by Crippen LogP contribution is 2.15. The summed E-state index contributed by atoms with van der Waals surface area (Å²) in [4.78, 5) is 8.92. The predicted octanol–water partition coefficient (Wildman–Crippen LogP) is 2.63. The molecule has 0 saturated carbocycles. The molecule has 9 heteroatoms. The van der Waals surface area contributed by atoms with Crippen molar-refractivity contribution in [1.29, 1.82) is 0 Å². The summed E-state index contributed by atoms with van der Waals surface area (Å²) < 4.78 is 34.6. The van der Waals surface area contributed by atoms with Gasteiger partial charge in [0, 0.05) is 33.2 Å². The van der Waals surface area contributed by atoms with Crippen molar-refractivity contribution in [3.8, 4) is 5.75 Å². The smallest absolute Gasteiger partial charge is 0.387 e. The third-order valence-corrected chi connectivity index (χ3v) is 4.05. The fraction of sp³-hybridized carbons (Fsp3) is 0.611. The van der Waals surface area contributed by atoms with Crippen molar-refractivity contribution in [2.75, 3.05) is 46.9 Å². The van der Waals surface area contributed by atoms with Crippen LogP contribution in [-0.4, -0.2) is 75.4 Å². The molecule has 1 heterocycles. The van der Waals surface area contributed by atoms with E-state index in [4.69, 9.17) is 4.74 Å². The molecule has 0 spiro atoms. The molecule has 1 fully saturated rings. The lowest BCUT2D eigenvalue weighted by atomic mass is 10.2. The number of nitrogens with one attached hydrogen (secondary N) is 1. The van der Waals surface area contributed by atoms with Gasteiger partial charge in [-0.1, -0.05) is 12.1 Å². The topological polar surface area (TPSA) is 49.3 Å². The van der Waals surface area contributed by atoms with Crippen LogP contribution in [0.2, 0.25) is 0 Å². The average Bonchev–Trinajstić information content (AvgIpc) is 2.60. The molecule has 1 aromatic rings. The van der Waals surface area contributed by atoms with Crippen LogP contribution in [0.3, 0.4) is 0 Å². The van der Waals surface area contributed by atoms with Crippen molar-refractivity contribution >= 4 is 29.9 Å². The van der Waals surface area contributed by atoms with Crippen LogP contribution in [0.1, 0.15) is 12.5 Å². The Morgan fingerprint density at radius 3 is 2.70 bits per heavy atom. The van der Waals surface area contributed by atoms with Gasteiger partial charge in [0.15, 0.2) is 5.96 Å². The van der Waals surface area contributed by atoms with Crippen LogP contribution in [0.5, 0.6) is 5.75 Å². The molecule has 1 atom stereocenters. The molecule has 1 saturated heterocycles. The maximum Gasteiger partial charge on any atom is 0.387 e. The number of morpholine rings is 1. The second-order valence-electron chi connectivity index (χ2n) is 6.33. The monoisotopic (exact) mass is 498 g/mol. The number of guanidine groups is 1. The fourth-order valence-electron chi connectivity index (χ4n) is 2.76. The third-order valence-electron chi connectivity index (χ3n) is 4.05. The lowest BCUT2D eigenvalue weighted by Crippen LogP contribution is -2.43. The Bertz CT molecular complexity index is 575. The van der Waals surface area contributed by atoms with Gasteiger partial charge >= 0.3 is 6.61 Å². The molecule has 0 radical (unpaired) electrons. The number of rotatable bonds is 7. The number of likely N-dealkylation sites (N-methyl/N-ethyl adjacent to an activating group) is 1. The van der Waals surface area contributed by atoms with Gasteiger partial charge in [-0.3, -0.25) is 4.99 Å². The number of alkyl halides is 2. The summed E-state index contributed by atoms with van der Waals surface area (Å²) in [6.45, 7) is 3.72. The van der Waals surface area contributed by atoms with Crippen LogP contribution in [0, 0.1) is 0 Å². The minimum absolute atomic E-state index is 0. The first-order valence-electron chi connectivity index (χ1n) is 8.81. The summed E-state index contributed by atoms with van der Waals surface area (Å²) in [7, 11) is 4.02. The van der Waals surface area contributed by atoms with Gasteiger partial charge in [-0.15, -0.1) is 24.0 Å². The molecule has 1 aliphatic heterocycles. The number of hydrogen-bond donors (Lipinski definition) is 1. The van der Waals surface area contributed by atoms with Crippen molar-refractivity contribution in [3.63, 3.8) is 0 Å². The van der Waals surface area contributed by atoms with Crippen molar-refractivity contribution in [3.05, 3.63) is 29.8 Å². The van der Waals surface area contributed by atoms with E-state index in [1.165, 1.54) is 0 Å². The van der Waals surface area contributed by atoms with E-state index in [2.05, 4.69) is 27.0 Å². The molecule has 0 aliphatic carbocycles. The van der Waals surface area contributed by atoms with E-state index in [0.717, 1.165) is 37.8 Å². The van der Waals surface area contributed by atoms with Crippen molar-refractivity contribution in [2.45, 2.75) is 26.2 Å². The number of nitrogens with zero attached hydrogens (tertiary/aromatic N) is 3. The molecular weight excluding hydrogens is 469 g/mol. The lowest BCUT2D eigenvalue weighted by molar-refractivity contribution is -0.0498. The minimum Gasteiger partial charge on any atom is -0.435 e. The van der Waals surface area contributed by atoms with Gasteiger partial charge in [0.05, 0.1) is 19.3 Å². The molecule has 2 rings (SSSR count). The van der Waals surface area contributed by atoms with Crippen LogP contribution in [0.4, 0.5) is 8.78 Å². The summed E-state index contributed by atoms with van der Waals surface area (Å²) in [5.74, 6) is 0.947. The second-order valence-corrected chi connectivity index (χ2v) is 6.33. The van der Waals surface area contributed by atoms with Crippen LogP contribution in [-0.2, 0) is 11.3 Å². The Morgan fingerprint density at radius 2 is 2.11 bits per heavy atom. The van der Waals surface area contributed by atoms with E-state index in [1.54, 1.807) is 24.3 Å². The molecule has 1 aliphatic rings. The third kappa shape index (κ3) is 8.56. The maximum atomic E-state index is 12.2. The first-order valence-corrected chi connectivity index (χ1v) is 8.81. The van der Waals surface area contributed by atoms with Gasteiger partial charge in [0.25, 0.3) is 0 Å². The Kier molecular flexibility index (Phi) is 10.9. The highest BCUT2D eigenvalue weighted by atomic mass is 127. The van der Waals surface area contributed by atoms with Gasteiger partial charge in [-0.2, -0.15) is 8.78 Å². The number of benzene rings is 1. The SMILES string of the molecule is CCNC(=NCC1CN(C)CCO1)N(C)Cc1ccc(OC(F)F)cc1.I. The molecule has 0 aromatic heterocycles. The summed E-state index contributed by atoms with van der Waals surface area (Å²) >= 11 is 0. The summed E-state index contributed by atoms with van der Waals surface area (Å²) in [6, 6.07) is 6.64. The molecular formula is C18H29F2IN4O2. The van der Waals surface area contributed by atoms with Crippen LogP contribution in [0.15, 0.2) is 29.3 Å². The fourth-order valence-corrected chi connectivity index (χ4v) is 2.76. The van der Waals surface area contributed by atoms with E-state index in [1.807, 2.05) is 18.9 Å². The zero-order chi connectivity index (χ0) is 18.9. The van der Waals surface area contributed by atoms with Gasteiger partial charge in [0.1, 0.15) is 5.75 Å². The zero-order valence-electron chi connectivity index (χ0n) is 16.0. The van der Waals surface area contributed by atoms with E-state index in [9.17, 15) is 8.78 Å². The van der Waals surface area contributed by atoms with E-state index >= 15 is 0 Å². The van der Waals surface area contributed by atoms with Gasteiger partial charge in [0.2, 0.25) is 0 Å². The average molecular weight is 498 g/mol. The minimum atomic E-state index is -2.81. The van der Waals surface area contributed by atoms with E-state index in [-0.39, 0.29) is 35.8 Å². The first-order chi connectivity index (χ1) is 12.5. The first kappa shape index (κ1) is 23.8. The van der Waals surface area contributed by atoms with Crippen LogP contribution >= 0.6 is 24.0 Å². The molecule has 0 bridgehead atoms. The zero-order valence-corrected chi connectivity index (χ0v) is 18.4. The Labute approximate surface area is 176 Å². The number of ether oxygens (including phenoxy) is 2. The molecule has 1 unspecified atom stereocenters. The molecule has 1 N–H and O–H groups in total. The Hall–Kier alpha value is -1.20. The molecule has 1 aromatic carbocycles. The normalized spacial score (nSPS) is 18.1. The Balaban J connectivity index is 0.00000364. The molecule has 0 amide bonds. The van der Waals surface area contributed by atoms with E-state index < -0.39 is 6.61 Å². The largest absolute Gasteiger partial charge is 0.435 e. The molecule has 6 nitrogen and oxygen atoms in total. The van der Waals surface area contributed by atoms with Gasteiger partial charge in [-0.25, -0.2) is 0 Å². The van der Waals surface area contributed by atoms with Crippen molar-refractivity contribution in [1.82, 2.24) is 15.1 Å². The van der Waals surface area contributed by atoms with Gasteiger partial charge < -0.3 is 24.6 Å². The van der Waals surface area contributed by atoms with Gasteiger partial charge in [-0.05, 0) is 31.7 Å². The summed E-state index contributed by atoms with van der Waals surface area (Å²) in [5.41, 5.74) is 0.980. The number of halogens is 3. The van der Waals surface area contributed by atoms with E-state index in [0.29, 0.717) is 13.1 Å².